The summed E-state index contributed by atoms with van der Waals surface area (Å²) in [6.07, 6.45) is 2.91. The highest BCUT2D eigenvalue weighted by atomic mass is 32.2. The van der Waals surface area contributed by atoms with Crippen LogP contribution < -0.4 is 10.1 Å². The van der Waals surface area contributed by atoms with Gasteiger partial charge in [0, 0.05) is 19.6 Å². The van der Waals surface area contributed by atoms with Gasteiger partial charge in [0.1, 0.15) is 5.75 Å². The molecule has 1 heterocycles. The highest BCUT2D eigenvalue weighted by molar-refractivity contribution is 7.89. The molecule has 0 aliphatic carbocycles. The number of amides is 1. The zero-order valence-electron chi connectivity index (χ0n) is 15.9. The van der Waals surface area contributed by atoms with Crippen molar-refractivity contribution in [1.29, 1.82) is 0 Å². The standard InChI is InChI=1S/C19H30N2O4S/c1-15(2)18(16-7-9-17(25-3)10-8-16)19(22)20-11-14-26(23,24)21-12-5-4-6-13-21/h7-10,15,18H,4-6,11-14H2,1-3H3,(H,20,22). The summed E-state index contributed by atoms with van der Waals surface area (Å²) in [7, 11) is -1.69. The predicted octanol–water partition coefficient (Wildman–Crippen LogP) is 2.37. The molecule has 1 aliphatic rings. The van der Waals surface area contributed by atoms with Gasteiger partial charge in [0.15, 0.2) is 0 Å². The van der Waals surface area contributed by atoms with E-state index in [1.54, 1.807) is 11.4 Å². The van der Waals surface area contributed by atoms with E-state index < -0.39 is 10.0 Å². The molecule has 2 rings (SSSR count). The van der Waals surface area contributed by atoms with Crippen LogP contribution in [0, 0.1) is 5.92 Å². The number of piperidine rings is 1. The normalized spacial score (nSPS) is 17.1. The molecule has 1 unspecified atom stereocenters. The van der Waals surface area contributed by atoms with Crippen LogP contribution in [-0.2, 0) is 14.8 Å². The number of methoxy groups -OCH3 is 1. The zero-order chi connectivity index (χ0) is 19.2. The lowest BCUT2D eigenvalue weighted by atomic mass is 9.87. The van der Waals surface area contributed by atoms with Crippen LogP contribution >= 0.6 is 0 Å². The summed E-state index contributed by atoms with van der Waals surface area (Å²) in [6.45, 7) is 5.29. The first-order valence-electron chi connectivity index (χ1n) is 9.24. The van der Waals surface area contributed by atoms with Gasteiger partial charge in [0.25, 0.3) is 0 Å². The minimum atomic E-state index is -3.30. The fraction of sp³-hybridized carbons (Fsp3) is 0.632. The lowest BCUT2D eigenvalue weighted by molar-refractivity contribution is -0.123. The average Bonchev–Trinajstić information content (AvgIpc) is 2.63. The molecule has 1 atom stereocenters. The first-order valence-corrected chi connectivity index (χ1v) is 10.9. The van der Waals surface area contributed by atoms with E-state index >= 15 is 0 Å². The Hall–Kier alpha value is -1.60. The van der Waals surface area contributed by atoms with E-state index in [0.29, 0.717) is 13.1 Å². The second-order valence-corrected chi connectivity index (χ2v) is 9.15. The van der Waals surface area contributed by atoms with Gasteiger partial charge in [-0.2, -0.15) is 0 Å². The Morgan fingerprint density at radius 2 is 1.77 bits per heavy atom. The lowest BCUT2D eigenvalue weighted by Gasteiger charge is -2.26. The molecule has 6 nitrogen and oxygen atoms in total. The number of ether oxygens (including phenoxy) is 1. The molecule has 0 radical (unpaired) electrons. The maximum atomic E-state index is 12.7. The average molecular weight is 383 g/mol. The van der Waals surface area contributed by atoms with Crippen LogP contribution in [0.5, 0.6) is 5.75 Å². The predicted molar refractivity (Wildman–Crippen MR) is 103 cm³/mol. The maximum absolute atomic E-state index is 12.7. The molecule has 0 spiro atoms. The van der Waals surface area contributed by atoms with Gasteiger partial charge in [0.05, 0.1) is 18.8 Å². The van der Waals surface area contributed by atoms with Crippen molar-refractivity contribution in [2.75, 3.05) is 32.5 Å². The topological polar surface area (TPSA) is 75.7 Å². The van der Waals surface area contributed by atoms with Crippen LogP contribution in [0.3, 0.4) is 0 Å². The van der Waals surface area contributed by atoms with Gasteiger partial charge < -0.3 is 10.1 Å². The van der Waals surface area contributed by atoms with Crippen LogP contribution in [0.4, 0.5) is 0 Å². The molecule has 26 heavy (non-hydrogen) atoms. The van der Waals surface area contributed by atoms with Crippen molar-refractivity contribution >= 4 is 15.9 Å². The number of carbonyl (C=O) groups is 1. The Morgan fingerprint density at radius 3 is 2.31 bits per heavy atom. The molecule has 1 aromatic carbocycles. The minimum Gasteiger partial charge on any atom is -0.497 e. The molecule has 1 aromatic rings. The highest BCUT2D eigenvalue weighted by Gasteiger charge is 2.26. The molecule has 1 N–H and O–H groups in total. The molecule has 1 saturated heterocycles. The number of rotatable bonds is 8. The number of hydrogen-bond acceptors (Lipinski definition) is 4. The molecule has 0 saturated carbocycles. The molecule has 0 aromatic heterocycles. The third-order valence-electron chi connectivity index (χ3n) is 4.79. The van der Waals surface area contributed by atoms with E-state index in [4.69, 9.17) is 4.74 Å². The Morgan fingerprint density at radius 1 is 1.15 bits per heavy atom. The second kappa shape index (κ2) is 9.37. The van der Waals surface area contributed by atoms with E-state index in [1.807, 2.05) is 38.1 Å². The summed E-state index contributed by atoms with van der Waals surface area (Å²) >= 11 is 0. The van der Waals surface area contributed by atoms with Crippen molar-refractivity contribution in [1.82, 2.24) is 9.62 Å². The minimum absolute atomic E-state index is 0.0494. The summed E-state index contributed by atoms with van der Waals surface area (Å²) in [5.74, 6) is 0.329. The van der Waals surface area contributed by atoms with Crippen molar-refractivity contribution in [2.45, 2.75) is 39.0 Å². The van der Waals surface area contributed by atoms with Gasteiger partial charge in [-0.25, -0.2) is 12.7 Å². The van der Waals surface area contributed by atoms with Crippen molar-refractivity contribution in [3.63, 3.8) is 0 Å². The van der Waals surface area contributed by atoms with E-state index in [9.17, 15) is 13.2 Å². The maximum Gasteiger partial charge on any atom is 0.227 e. The van der Waals surface area contributed by atoms with Crippen LogP contribution in [0.2, 0.25) is 0 Å². The van der Waals surface area contributed by atoms with Crippen LogP contribution in [0.25, 0.3) is 0 Å². The highest BCUT2D eigenvalue weighted by Crippen LogP contribution is 2.26. The number of nitrogens with zero attached hydrogens (tertiary/aromatic N) is 1. The Kier molecular flexibility index (Phi) is 7.46. The smallest absolute Gasteiger partial charge is 0.227 e. The zero-order valence-corrected chi connectivity index (χ0v) is 16.7. The van der Waals surface area contributed by atoms with E-state index in [1.165, 1.54) is 0 Å². The third kappa shape index (κ3) is 5.45. The van der Waals surface area contributed by atoms with Crippen molar-refractivity contribution < 1.29 is 17.9 Å². The van der Waals surface area contributed by atoms with Crippen LogP contribution in [0.15, 0.2) is 24.3 Å². The summed E-state index contributed by atoms with van der Waals surface area (Å²) in [5, 5.41) is 2.81. The lowest BCUT2D eigenvalue weighted by Crippen LogP contribution is -2.41. The fourth-order valence-electron chi connectivity index (χ4n) is 3.34. The largest absolute Gasteiger partial charge is 0.497 e. The molecule has 0 bridgehead atoms. The van der Waals surface area contributed by atoms with E-state index in [-0.39, 0.29) is 30.0 Å². The molecule has 1 aliphatic heterocycles. The summed E-state index contributed by atoms with van der Waals surface area (Å²) < 4.78 is 31.4. The molecule has 7 heteroatoms. The summed E-state index contributed by atoms with van der Waals surface area (Å²) in [4.78, 5) is 12.7. The van der Waals surface area contributed by atoms with Crippen LogP contribution in [-0.4, -0.2) is 51.1 Å². The van der Waals surface area contributed by atoms with Gasteiger partial charge >= 0.3 is 0 Å². The number of benzene rings is 1. The van der Waals surface area contributed by atoms with Gasteiger partial charge in [-0.15, -0.1) is 0 Å². The third-order valence-corrected chi connectivity index (χ3v) is 6.66. The van der Waals surface area contributed by atoms with E-state index in [0.717, 1.165) is 30.6 Å². The summed E-state index contributed by atoms with van der Waals surface area (Å²) in [6, 6.07) is 7.43. The molecule has 1 amide bonds. The van der Waals surface area contributed by atoms with Gasteiger partial charge in [0.2, 0.25) is 15.9 Å². The first-order chi connectivity index (χ1) is 12.3. The second-order valence-electron chi connectivity index (χ2n) is 7.06. The monoisotopic (exact) mass is 382 g/mol. The Bertz CT molecular complexity index is 680. The number of hydrogen-bond donors (Lipinski definition) is 1. The molecule has 146 valence electrons. The quantitative estimate of drug-likeness (QED) is 0.749. The molecular weight excluding hydrogens is 352 g/mol. The van der Waals surface area contributed by atoms with Crippen molar-refractivity contribution in [2.24, 2.45) is 5.92 Å². The Labute approximate surface area is 157 Å². The SMILES string of the molecule is COc1ccc(C(C(=O)NCCS(=O)(=O)N2CCCCC2)C(C)C)cc1. The van der Waals surface area contributed by atoms with Crippen molar-refractivity contribution in [3.8, 4) is 5.75 Å². The first kappa shape index (κ1) is 20.7. The number of carbonyl (C=O) groups excluding carboxylic acids is 1. The molecular formula is C19H30N2O4S. The van der Waals surface area contributed by atoms with Crippen LogP contribution in [0.1, 0.15) is 44.6 Å². The van der Waals surface area contributed by atoms with Gasteiger partial charge in [-0.3, -0.25) is 4.79 Å². The Balaban J connectivity index is 1.94. The van der Waals surface area contributed by atoms with Gasteiger partial charge in [-0.1, -0.05) is 32.4 Å². The van der Waals surface area contributed by atoms with E-state index in [2.05, 4.69) is 5.32 Å². The number of sulfonamides is 1. The molecule has 1 fully saturated rings. The summed E-state index contributed by atoms with van der Waals surface area (Å²) in [5.41, 5.74) is 0.900. The number of nitrogens with one attached hydrogen (secondary N) is 1. The fourth-order valence-corrected chi connectivity index (χ4v) is 4.77. The van der Waals surface area contributed by atoms with Gasteiger partial charge in [-0.05, 0) is 36.5 Å². The van der Waals surface area contributed by atoms with Crippen molar-refractivity contribution in [3.05, 3.63) is 29.8 Å².